The van der Waals surface area contributed by atoms with Gasteiger partial charge in [-0.2, -0.15) is 5.26 Å². The first kappa shape index (κ1) is 12.5. The molecule has 1 saturated carbocycles. The number of rotatable bonds is 3. The Morgan fingerprint density at radius 1 is 1.20 bits per heavy atom. The Bertz CT molecular complexity index is 229. The van der Waals surface area contributed by atoms with Crippen LogP contribution in [0.25, 0.3) is 0 Å². The minimum atomic E-state index is 0.255. The van der Waals surface area contributed by atoms with Crippen LogP contribution >= 0.6 is 0 Å². The van der Waals surface area contributed by atoms with E-state index in [1.54, 1.807) is 0 Å². The van der Waals surface area contributed by atoms with Gasteiger partial charge in [-0.1, -0.05) is 26.7 Å². The lowest BCUT2D eigenvalue weighted by atomic mass is 9.83. The van der Waals surface area contributed by atoms with Gasteiger partial charge in [0.2, 0.25) is 0 Å². The zero-order valence-corrected chi connectivity index (χ0v) is 10.5. The molecule has 0 aromatic heterocycles. The summed E-state index contributed by atoms with van der Waals surface area (Å²) in [6, 6.07) is 3.55. The third-order valence-electron chi connectivity index (χ3n) is 4.03. The molecular weight excluding hydrogens is 184 g/mol. The van der Waals surface area contributed by atoms with Crippen molar-refractivity contribution in [3.63, 3.8) is 0 Å². The van der Waals surface area contributed by atoms with Crippen molar-refractivity contribution in [3.05, 3.63) is 0 Å². The quantitative estimate of drug-likeness (QED) is 0.713. The molecule has 3 unspecified atom stereocenters. The van der Waals surface area contributed by atoms with Crippen molar-refractivity contribution < 1.29 is 0 Å². The van der Waals surface area contributed by atoms with Crippen LogP contribution in [0.1, 0.15) is 46.5 Å². The Morgan fingerprint density at radius 2 is 1.80 bits per heavy atom. The van der Waals surface area contributed by atoms with Gasteiger partial charge in [0.25, 0.3) is 0 Å². The molecule has 0 bridgehead atoms. The number of nitriles is 1. The molecule has 1 aliphatic rings. The van der Waals surface area contributed by atoms with Gasteiger partial charge < -0.3 is 0 Å². The molecule has 0 N–H and O–H groups in total. The fraction of sp³-hybridized carbons (Fsp3) is 0.923. The van der Waals surface area contributed by atoms with Gasteiger partial charge in [-0.15, -0.1) is 0 Å². The third-order valence-corrected chi connectivity index (χ3v) is 4.03. The summed E-state index contributed by atoms with van der Waals surface area (Å²) in [4.78, 5) is 2.43. The van der Waals surface area contributed by atoms with Crippen molar-refractivity contribution in [2.45, 2.75) is 58.5 Å². The second-order valence-corrected chi connectivity index (χ2v) is 5.24. The summed E-state index contributed by atoms with van der Waals surface area (Å²) >= 11 is 0. The van der Waals surface area contributed by atoms with Crippen LogP contribution in [0.4, 0.5) is 0 Å². The molecule has 2 heteroatoms. The molecule has 0 aromatic carbocycles. The maximum Gasteiger partial charge on any atom is 0.0672 e. The molecule has 0 saturated heterocycles. The zero-order chi connectivity index (χ0) is 11.4. The maximum absolute atomic E-state index is 9.15. The highest BCUT2D eigenvalue weighted by atomic mass is 15.2. The number of nitrogens with zero attached hydrogens (tertiary/aromatic N) is 2. The minimum absolute atomic E-state index is 0.255. The van der Waals surface area contributed by atoms with Crippen LogP contribution in [-0.4, -0.2) is 24.0 Å². The van der Waals surface area contributed by atoms with E-state index in [1.807, 2.05) is 0 Å². The highest BCUT2D eigenvalue weighted by Crippen LogP contribution is 2.29. The standard InChI is InChI=1S/C13H24N2/c1-10(2)11(3)15(4)13-8-6-5-7-12(13)9-14/h10-13H,5-8H2,1-4H3. The van der Waals surface area contributed by atoms with Crippen LogP contribution in [0, 0.1) is 23.2 Å². The lowest BCUT2D eigenvalue weighted by Crippen LogP contribution is -2.46. The summed E-state index contributed by atoms with van der Waals surface area (Å²) in [5.41, 5.74) is 0. The topological polar surface area (TPSA) is 27.0 Å². The largest absolute Gasteiger partial charge is 0.299 e. The summed E-state index contributed by atoms with van der Waals surface area (Å²) < 4.78 is 0. The second-order valence-electron chi connectivity index (χ2n) is 5.24. The summed E-state index contributed by atoms with van der Waals surface area (Å²) in [6.07, 6.45) is 4.82. The normalized spacial score (nSPS) is 29.1. The Labute approximate surface area is 94.3 Å². The van der Waals surface area contributed by atoms with Gasteiger partial charge in [-0.3, -0.25) is 4.90 Å². The molecule has 0 radical (unpaired) electrons. The maximum atomic E-state index is 9.15. The van der Waals surface area contributed by atoms with Gasteiger partial charge in [0.15, 0.2) is 0 Å². The molecule has 1 rings (SSSR count). The molecule has 1 fully saturated rings. The predicted octanol–water partition coefficient (Wildman–Crippen LogP) is 3.05. The SMILES string of the molecule is CC(C)C(C)N(C)C1CCCCC1C#N. The van der Waals surface area contributed by atoms with Gasteiger partial charge in [-0.25, -0.2) is 0 Å². The molecule has 0 heterocycles. The molecular formula is C13H24N2. The van der Waals surface area contributed by atoms with Gasteiger partial charge in [0.1, 0.15) is 0 Å². The van der Waals surface area contributed by atoms with E-state index in [-0.39, 0.29) is 5.92 Å². The predicted molar refractivity (Wildman–Crippen MR) is 63.4 cm³/mol. The Hall–Kier alpha value is -0.550. The first-order valence-electron chi connectivity index (χ1n) is 6.19. The number of hydrogen-bond acceptors (Lipinski definition) is 2. The van der Waals surface area contributed by atoms with Crippen LogP contribution in [0.3, 0.4) is 0 Å². The lowest BCUT2D eigenvalue weighted by molar-refractivity contribution is 0.0953. The molecule has 0 amide bonds. The highest BCUT2D eigenvalue weighted by Gasteiger charge is 2.31. The van der Waals surface area contributed by atoms with Crippen LogP contribution in [0.15, 0.2) is 0 Å². The van der Waals surface area contributed by atoms with Crippen molar-refractivity contribution >= 4 is 0 Å². The monoisotopic (exact) mass is 208 g/mol. The van der Waals surface area contributed by atoms with Crippen LogP contribution in [0.5, 0.6) is 0 Å². The van der Waals surface area contributed by atoms with Crippen LogP contribution < -0.4 is 0 Å². The molecule has 3 atom stereocenters. The minimum Gasteiger partial charge on any atom is -0.299 e. The molecule has 15 heavy (non-hydrogen) atoms. The van der Waals surface area contributed by atoms with Crippen molar-refractivity contribution in [1.29, 1.82) is 5.26 Å². The first-order valence-corrected chi connectivity index (χ1v) is 6.19. The lowest BCUT2D eigenvalue weighted by Gasteiger charge is -2.39. The molecule has 0 aliphatic heterocycles. The van der Waals surface area contributed by atoms with E-state index in [0.29, 0.717) is 18.0 Å². The van der Waals surface area contributed by atoms with E-state index in [9.17, 15) is 0 Å². The van der Waals surface area contributed by atoms with Crippen LogP contribution in [-0.2, 0) is 0 Å². The highest BCUT2D eigenvalue weighted by molar-refractivity contribution is 4.96. The van der Waals surface area contributed by atoms with E-state index in [1.165, 1.54) is 19.3 Å². The summed E-state index contributed by atoms with van der Waals surface area (Å²) in [6.45, 7) is 6.78. The average Bonchev–Trinajstić information content (AvgIpc) is 2.26. The molecule has 0 aromatic rings. The van der Waals surface area contributed by atoms with Gasteiger partial charge >= 0.3 is 0 Å². The fourth-order valence-electron chi connectivity index (χ4n) is 2.52. The Kier molecular flexibility index (Phi) is 4.60. The zero-order valence-electron chi connectivity index (χ0n) is 10.5. The summed E-state index contributed by atoms with van der Waals surface area (Å²) in [5.74, 6) is 0.918. The molecule has 2 nitrogen and oxygen atoms in total. The molecule has 1 aliphatic carbocycles. The van der Waals surface area contributed by atoms with E-state index < -0.39 is 0 Å². The van der Waals surface area contributed by atoms with Crippen molar-refractivity contribution in [1.82, 2.24) is 4.90 Å². The van der Waals surface area contributed by atoms with Gasteiger partial charge in [-0.05, 0) is 32.7 Å². The Morgan fingerprint density at radius 3 is 2.33 bits per heavy atom. The van der Waals surface area contributed by atoms with Crippen molar-refractivity contribution in [2.24, 2.45) is 11.8 Å². The van der Waals surface area contributed by atoms with Crippen molar-refractivity contribution in [3.8, 4) is 6.07 Å². The van der Waals surface area contributed by atoms with Gasteiger partial charge in [0, 0.05) is 12.1 Å². The average molecular weight is 208 g/mol. The third kappa shape index (κ3) is 2.95. The van der Waals surface area contributed by atoms with Gasteiger partial charge in [0.05, 0.1) is 12.0 Å². The smallest absolute Gasteiger partial charge is 0.0672 e. The van der Waals surface area contributed by atoms with E-state index in [4.69, 9.17) is 5.26 Å². The molecule has 0 spiro atoms. The van der Waals surface area contributed by atoms with Crippen LogP contribution in [0.2, 0.25) is 0 Å². The first-order chi connectivity index (χ1) is 7.07. The molecule has 86 valence electrons. The fourth-order valence-corrected chi connectivity index (χ4v) is 2.52. The summed E-state index contributed by atoms with van der Waals surface area (Å²) in [5, 5.41) is 9.15. The van der Waals surface area contributed by atoms with E-state index in [0.717, 1.165) is 6.42 Å². The van der Waals surface area contributed by atoms with Crippen molar-refractivity contribution in [2.75, 3.05) is 7.05 Å². The second kappa shape index (κ2) is 5.51. The number of hydrogen-bond donors (Lipinski definition) is 0. The van der Waals surface area contributed by atoms with E-state index in [2.05, 4.69) is 38.8 Å². The van der Waals surface area contributed by atoms with E-state index >= 15 is 0 Å². The Balaban J connectivity index is 2.64. The summed E-state index contributed by atoms with van der Waals surface area (Å²) in [7, 11) is 2.19.